The van der Waals surface area contributed by atoms with Gasteiger partial charge in [0.25, 0.3) is 0 Å². The molecule has 0 saturated carbocycles. The van der Waals surface area contributed by atoms with E-state index >= 15 is 0 Å². The fraction of sp³-hybridized carbons (Fsp3) is 0.438. The summed E-state index contributed by atoms with van der Waals surface area (Å²) in [6, 6.07) is 10.1. The number of pyridine rings is 1. The molecule has 1 unspecified atom stereocenters. The maximum absolute atomic E-state index is 6.24. The number of fused-ring (bicyclic) bond motifs is 1. The molecular formula is C16H22N2O. The predicted octanol–water partition coefficient (Wildman–Crippen LogP) is 3.39. The Hall–Kier alpha value is -1.61. The molecule has 0 aliphatic rings. The van der Waals surface area contributed by atoms with Gasteiger partial charge in [0.1, 0.15) is 16.9 Å². The van der Waals surface area contributed by atoms with Crippen LogP contribution < -0.4 is 10.1 Å². The number of hydrogen-bond donors (Lipinski definition) is 1. The van der Waals surface area contributed by atoms with Gasteiger partial charge in [-0.1, -0.05) is 32.0 Å². The number of rotatable bonds is 6. The van der Waals surface area contributed by atoms with Gasteiger partial charge in [0.05, 0.1) is 0 Å². The third-order valence-electron chi connectivity index (χ3n) is 3.45. The highest BCUT2D eigenvalue weighted by Crippen LogP contribution is 2.27. The fourth-order valence-corrected chi connectivity index (χ4v) is 2.05. The van der Waals surface area contributed by atoms with E-state index in [-0.39, 0.29) is 5.60 Å². The van der Waals surface area contributed by atoms with Crippen LogP contribution in [0.3, 0.4) is 0 Å². The second-order valence-corrected chi connectivity index (χ2v) is 5.02. The van der Waals surface area contributed by atoms with Gasteiger partial charge in [0, 0.05) is 18.1 Å². The van der Waals surface area contributed by atoms with Crippen molar-refractivity contribution < 1.29 is 4.74 Å². The molecule has 102 valence electrons. The first-order chi connectivity index (χ1) is 9.18. The molecule has 1 aromatic carbocycles. The molecule has 1 N–H and O–H groups in total. The summed E-state index contributed by atoms with van der Waals surface area (Å²) in [5, 5.41) is 4.48. The van der Waals surface area contributed by atoms with Crippen molar-refractivity contribution in [1.82, 2.24) is 10.3 Å². The fourth-order valence-electron chi connectivity index (χ4n) is 2.05. The van der Waals surface area contributed by atoms with Crippen LogP contribution in [-0.4, -0.2) is 23.7 Å². The Morgan fingerprint density at radius 3 is 2.74 bits per heavy atom. The average molecular weight is 258 g/mol. The zero-order valence-corrected chi connectivity index (χ0v) is 11.9. The number of aromatic nitrogens is 1. The second kappa shape index (κ2) is 6.02. The van der Waals surface area contributed by atoms with E-state index in [1.54, 1.807) is 0 Å². The van der Waals surface area contributed by atoms with Gasteiger partial charge in [0.15, 0.2) is 0 Å². The van der Waals surface area contributed by atoms with E-state index in [9.17, 15) is 0 Å². The summed E-state index contributed by atoms with van der Waals surface area (Å²) in [4.78, 5) is 4.43. The third kappa shape index (κ3) is 3.24. The van der Waals surface area contributed by atoms with Gasteiger partial charge < -0.3 is 10.1 Å². The molecule has 2 rings (SSSR count). The molecule has 0 radical (unpaired) electrons. The Bertz CT molecular complexity index is 536. The van der Waals surface area contributed by atoms with Crippen LogP contribution in [-0.2, 0) is 0 Å². The largest absolute Gasteiger partial charge is 0.484 e. The number of hydrogen-bond acceptors (Lipinski definition) is 3. The van der Waals surface area contributed by atoms with Crippen molar-refractivity contribution in [3.05, 3.63) is 36.5 Å². The molecular weight excluding hydrogens is 236 g/mol. The van der Waals surface area contributed by atoms with Gasteiger partial charge in [-0.3, -0.25) is 4.98 Å². The Balaban J connectivity index is 2.29. The van der Waals surface area contributed by atoms with Crippen LogP contribution >= 0.6 is 0 Å². The minimum absolute atomic E-state index is 0.207. The molecule has 0 bridgehead atoms. The van der Waals surface area contributed by atoms with Gasteiger partial charge >= 0.3 is 0 Å². The molecule has 1 aromatic heterocycles. The Kier molecular flexibility index (Phi) is 4.38. The molecule has 1 atom stereocenters. The molecule has 0 saturated heterocycles. The van der Waals surface area contributed by atoms with E-state index in [0.717, 1.165) is 36.2 Å². The lowest BCUT2D eigenvalue weighted by atomic mass is 10.0. The Labute approximate surface area is 115 Å². The molecule has 19 heavy (non-hydrogen) atoms. The molecule has 0 amide bonds. The van der Waals surface area contributed by atoms with Crippen molar-refractivity contribution in [3.63, 3.8) is 0 Å². The van der Waals surface area contributed by atoms with E-state index in [1.807, 2.05) is 24.4 Å². The van der Waals surface area contributed by atoms with Crippen molar-refractivity contribution in [2.75, 3.05) is 13.1 Å². The summed E-state index contributed by atoms with van der Waals surface area (Å²) in [7, 11) is 0. The molecule has 0 aliphatic carbocycles. The minimum atomic E-state index is -0.207. The summed E-state index contributed by atoms with van der Waals surface area (Å²) < 4.78 is 6.24. The highest BCUT2D eigenvalue weighted by Gasteiger charge is 2.24. The molecule has 0 spiro atoms. The van der Waals surface area contributed by atoms with Crippen molar-refractivity contribution >= 4 is 10.9 Å². The summed E-state index contributed by atoms with van der Waals surface area (Å²) in [5.41, 5.74) is 0.725. The van der Waals surface area contributed by atoms with E-state index in [0.29, 0.717) is 0 Å². The molecule has 1 heterocycles. The standard InChI is InChI=1S/C16H22N2O/c1-4-16(3,12-17-5-2)19-14-10-6-8-13-9-7-11-18-15(13)14/h6-11,17H,4-5,12H2,1-3H3. The predicted molar refractivity (Wildman–Crippen MR) is 79.6 cm³/mol. The Morgan fingerprint density at radius 2 is 2.00 bits per heavy atom. The summed E-state index contributed by atoms with van der Waals surface area (Å²) in [6.45, 7) is 8.18. The van der Waals surface area contributed by atoms with Crippen LogP contribution in [0.2, 0.25) is 0 Å². The first kappa shape index (κ1) is 13.8. The molecule has 0 aliphatic heterocycles. The van der Waals surface area contributed by atoms with E-state index in [4.69, 9.17) is 4.74 Å². The van der Waals surface area contributed by atoms with E-state index in [2.05, 4.69) is 43.2 Å². The van der Waals surface area contributed by atoms with Crippen molar-refractivity contribution in [1.29, 1.82) is 0 Å². The normalized spacial score (nSPS) is 14.3. The lowest BCUT2D eigenvalue weighted by molar-refractivity contribution is 0.0858. The smallest absolute Gasteiger partial charge is 0.146 e. The molecule has 3 nitrogen and oxygen atoms in total. The van der Waals surface area contributed by atoms with E-state index in [1.165, 1.54) is 0 Å². The zero-order chi connectivity index (χ0) is 13.7. The summed E-state index contributed by atoms with van der Waals surface area (Å²) >= 11 is 0. The van der Waals surface area contributed by atoms with Crippen molar-refractivity contribution in [2.24, 2.45) is 0 Å². The molecule has 0 fully saturated rings. The number of ether oxygens (including phenoxy) is 1. The molecule has 2 aromatic rings. The number of likely N-dealkylation sites (N-methyl/N-ethyl adjacent to an activating group) is 1. The topological polar surface area (TPSA) is 34.1 Å². The monoisotopic (exact) mass is 258 g/mol. The van der Waals surface area contributed by atoms with Crippen LogP contribution in [0.4, 0.5) is 0 Å². The number of nitrogens with one attached hydrogen (secondary N) is 1. The van der Waals surface area contributed by atoms with Gasteiger partial charge in [-0.2, -0.15) is 0 Å². The number of benzene rings is 1. The van der Waals surface area contributed by atoms with Crippen LogP contribution in [0.15, 0.2) is 36.5 Å². The van der Waals surface area contributed by atoms with Crippen molar-refractivity contribution in [2.45, 2.75) is 32.8 Å². The van der Waals surface area contributed by atoms with Gasteiger partial charge in [-0.25, -0.2) is 0 Å². The molecule has 3 heteroatoms. The maximum Gasteiger partial charge on any atom is 0.146 e. The lowest BCUT2D eigenvalue weighted by Crippen LogP contribution is -2.42. The summed E-state index contributed by atoms with van der Waals surface area (Å²) in [5.74, 6) is 0.861. The van der Waals surface area contributed by atoms with Crippen molar-refractivity contribution in [3.8, 4) is 5.75 Å². The van der Waals surface area contributed by atoms with Gasteiger partial charge in [0.2, 0.25) is 0 Å². The van der Waals surface area contributed by atoms with Crippen LogP contribution in [0.1, 0.15) is 27.2 Å². The van der Waals surface area contributed by atoms with Gasteiger partial charge in [-0.15, -0.1) is 0 Å². The minimum Gasteiger partial charge on any atom is -0.484 e. The highest BCUT2D eigenvalue weighted by molar-refractivity contribution is 5.84. The first-order valence-corrected chi connectivity index (χ1v) is 6.92. The average Bonchev–Trinajstić information content (AvgIpc) is 2.46. The number of para-hydroxylation sites is 1. The second-order valence-electron chi connectivity index (χ2n) is 5.02. The van der Waals surface area contributed by atoms with Crippen LogP contribution in [0.5, 0.6) is 5.75 Å². The highest BCUT2D eigenvalue weighted by atomic mass is 16.5. The SMILES string of the molecule is CCNCC(C)(CC)Oc1cccc2cccnc12. The van der Waals surface area contributed by atoms with E-state index < -0.39 is 0 Å². The Morgan fingerprint density at radius 1 is 1.21 bits per heavy atom. The zero-order valence-electron chi connectivity index (χ0n) is 11.9. The van der Waals surface area contributed by atoms with Crippen LogP contribution in [0, 0.1) is 0 Å². The number of nitrogens with zero attached hydrogens (tertiary/aromatic N) is 1. The maximum atomic E-state index is 6.24. The first-order valence-electron chi connectivity index (χ1n) is 6.92. The van der Waals surface area contributed by atoms with Gasteiger partial charge in [-0.05, 0) is 32.0 Å². The third-order valence-corrected chi connectivity index (χ3v) is 3.45. The summed E-state index contributed by atoms with van der Waals surface area (Å²) in [6.07, 6.45) is 2.76. The lowest BCUT2D eigenvalue weighted by Gasteiger charge is -2.30. The van der Waals surface area contributed by atoms with Crippen LogP contribution in [0.25, 0.3) is 10.9 Å². The quantitative estimate of drug-likeness (QED) is 0.862.